The Morgan fingerprint density at radius 3 is 2.00 bits per heavy atom. The Balaban J connectivity index is 1.22. The summed E-state index contributed by atoms with van der Waals surface area (Å²) in [6.45, 7) is 0. The minimum Gasteiger partial charge on any atom is -0.452 e. The highest BCUT2D eigenvalue weighted by molar-refractivity contribution is 6.29. The zero-order valence-electron chi connectivity index (χ0n) is 23.2. The van der Waals surface area contributed by atoms with Gasteiger partial charge in [-0.25, -0.2) is 19.9 Å². The topological polar surface area (TPSA) is 64.7 Å². The van der Waals surface area contributed by atoms with Crippen molar-refractivity contribution in [3.8, 4) is 33.9 Å². The van der Waals surface area contributed by atoms with Gasteiger partial charge in [-0.05, 0) is 57.4 Å². The van der Waals surface area contributed by atoms with Crippen molar-refractivity contribution in [1.82, 2.24) is 19.9 Å². The molecule has 0 saturated heterocycles. The van der Waals surface area contributed by atoms with Crippen LogP contribution in [-0.2, 0) is 0 Å². The summed E-state index contributed by atoms with van der Waals surface area (Å²) >= 11 is 6.38. The predicted octanol–water partition coefficient (Wildman–Crippen LogP) is 10.3. The maximum absolute atomic E-state index is 6.38. The highest BCUT2D eigenvalue weighted by Crippen LogP contribution is 2.39. The number of aromatic nitrogens is 4. The molecule has 9 aromatic rings. The maximum atomic E-state index is 6.38. The molecule has 3 heterocycles. The molecule has 44 heavy (non-hydrogen) atoms. The molecule has 0 saturated carbocycles. The summed E-state index contributed by atoms with van der Waals surface area (Å²) in [7, 11) is 0. The Morgan fingerprint density at radius 2 is 1.16 bits per heavy atom. The van der Waals surface area contributed by atoms with Crippen molar-refractivity contribution < 1.29 is 4.42 Å². The fourth-order valence-corrected chi connectivity index (χ4v) is 6.37. The molecule has 0 aliphatic heterocycles. The second kappa shape index (κ2) is 9.69. The SMILES string of the molecule is Clc1nc(-c2ccc(-c3nc(-c4cc5ccccc5c5ccccc45)c4ccccc4n3)cc2)c2oc3ccccc3c2n1. The van der Waals surface area contributed by atoms with E-state index in [1.54, 1.807) is 0 Å². The molecular weight excluding hydrogens is 564 g/mol. The van der Waals surface area contributed by atoms with Gasteiger partial charge in [0.15, 0.2) is 11.4 Å². The number of halogens is 1. The van der Waals surface area contributed by atoms with Crippen LogP contribution in [0.1, 0.15) is 0 Å². The lowest BCUT2D eigenvalue weighted by molar-refractivity contribution is 0.667. The standard InChI is InChI=1S/C38H21ClN4O/c39-38-42-33(36-35(43-38)29-14-6-8-16-32(29)44-36)22-17-19-23(20-18-22)37-40-31-15-7-5-13-28(31)34(41-37)30-21-24-9-1-2-10-25(24)26-11-3-4-12-27(26)30/h1-21H. The van der Waals surface area contributed by atoms with Crippen molar-refractivity contribution in [1.29, 1.82) is 0 Å². The van der Waals surface area contributed by atoms with Crippen molar-refractivity contribution in [3.05, 3.63) is 133 Å². The van der Waals surface area contributed by atoms with Crippen molar-refractivity contribution in [2.75, 3.05) is 0 Å². The molecule has 6 aromatic carbocycles. The van der Waals surface area contributed by atoms with Gasteiger partial charge in [-0.15, -0.1) is 0 Å². The summed E-state index contributed by atoms with van der Waals surface area (Å²) in [6.07, 6.45) is 0. The third kappa shape index (κ3) is 3.87. The van der Waals surface area contributed by atoms with Crippen LogP contribution in [0, 0.1) is 0 Å². The van der Waals surface area contributed by atoms with Gasteiger partial charge < -0.3 is 4.42 Å². The lowest BCUT2D eigenvalue weighted by atomic mass is 9.94. The molecule has 0 aliphatic carbocycles. The van der Waals surface area contributed by atoms with E-state index in [9.17, 15) is 0 Å². The number of hydrogen-bond acceptors (Lipinski definition) is 5. The van der Waals surface area contributed by atoms with Crippen LogP contribution in [0.5, 0.6) is 0 Å². The molecule has 5 nitrogen and oxygen atoms in total. The number of rotatable bonds is 3. The van der Waals surface area contributed by atoms with E-state index in [0.717, 1.165) is 49.6 Å². The number of nitrogens with zero attached hydrogens (tertiary/aromatic N) is 4. The number of furan rings is 1. The summed E-state index contributed by atoms with van der Waals surface area (Å²) in [5.41, 5.74) is 7.33. The van der Waals surface area contributed by atoms with E-state index in [0.29, 0.717) is 22.6 Å². The fraction of sp³-hybridized carbons (Fsp3) is 0. The molecule has 9 rings (SSSR count). The first-order valence-corrected chi connectivity index (χ1v) is 14.7. The summed E-state index contributed by atoms with van der Waals surface area (Å²) in [5.74, 6) is 0.650. The Bertz CT molecular complexity index is 2570. The number of benzene rings is 6. The van der Waals surface area contributed by atoms with Gasteiger partial charge in [0.1, 0.15) is 16.8 Å². The average molecular weight is 585 g/mol. The highest BCUT2D eigenvalue weighted by Gasteiger charge is 2.18. The third-order valence-electron chi connectivity index (χ3n) is 8.24. The molecule has 0 spiro atoms. The Labute approximate surface area is 256 Å². The molecule has 6 heteroatoms. The van der Waals surface area contributed by atoms with E-state index in [1.165, 1.54) is 16.2 Å². The van der Waals surface area contributed by atoms with E-state index in [4.69, 9.17) is 26.0 Å². The number of fused-ring (bicyclic) bond motifs is 7. The quantitative estimate of drug-likeness (QED) is 0.153. The van der Waals surface area contributed by atoms with Crippen LogP contribution in [-0.4, -0.2) is 19.9 Å². The van der Waals surface area contributed by atoms with Gasteiger partial charge >= 0.3 is 0 Å². The normalized spacial score (nSPS) is 11.8. The zero-order chi connectivity index (χ0) is 29.2. The van der Waals surface area contributed by atoms with Gasteiger partial charge in [-0.2, -0.15) is 0 Å². The van der Waals surface area contributed by atoms with Crippen LogP contribution < -0.4 is 0 Å². The first-order chi connectivity index (χ1) is 21.7. The maximum Gasteiger partial charge on any atom is 0.223 e. The summed E-state index contributed by atoms with van der Waals surface area (Å²) in [5, 5.41) is 6.86. The van der Waals surface area contributed by atoms with Crippen LogP contribution in [0.25, 0.3) is 88.4 Å². The van der Waals surface area contributed by atoms with E-state index in [-0.39, 0.29) is 5.28 Å². The second-order valence-corrected chi connectivity index (χ2v) is 11.1. The predicted molar refractivity (Wildman–Crippen MR) is 179 cm³/mol. The monoisotopic (exact) mass is 584 g/mol. The second-order valence-electron chi connectivity index (χ2n) is 10.8. The molecule has 206 valence electrons. The molecule has 0 unspecified atom stereocenters. The van der Waals surface area contributed by atoms with Crippen molar-refractivity contribution in [2.45, 2.75) is 0 Å². The van der Waals surface area contributed by atoms with Gasteiger partial charge in [-0.3, -0.25) is 0 Å². The molecule has 0 amide bonds. The van der Waals surface area contributed by atoms with Gasteiger partial charge in [0, 0.05) is 27.5 Å². The Hall–Kier alpha value is -5.65. The molecule has 0 bridgehead atoms. The number of hydrogen-bond donors (Lipinski definition) is 0. The highest BCUT2D eigenvalue weighted by atomic mass is 35.5. The molecule has 0 aliphatic rings. The first kappa shape index (κ1) is 24.9. The minimum absolute atomic E-state index is 0.174. The van der Waals surface area contributed by atoms with E-state index >= 15 is 0 Å². The molecule has 3 aromatic heterocycles. The lowest BCUT2D eigenvalue weighted by Crippen LogP contribution is -1.96. The largest absolute Gasteiger partial charge is 0.452 e. The molecule has 0 fully saturated rings. The summed E-state index contributed by atoms with van der Waals surface area (Å²) in [6, 6.07) is 43.3. The van der Waals surface area contributed by atoms with Crippen LogP contribution in [0.15, 0.2) is 132 Å². The lowest BCUT2D eigenvalue weighted by Gasteiger charge is -2.14. The average Bonchev–Trinajstić information content (AvgIpc) is 3.45. The third-order valence-corrected chi connectivity index (χ3v) is 8.40. The van der Waals surface area contributed by atoms with E-state index < -0.39 is 0 Å². The van der Waals surface area contributed by atoms with Crippen molar-refractivity contribution in [2.24, 2.45) is 0 Å². The van der Waals surface area contributed by atoms with E-state index in [1.807, 2.05) is 66.7 Å². The first-order valence-electron chi connectivity index (χ1n) is 14.3. The van der Waals surface area contributed by atoms with Gasteiger partial charge in [0.05, 0.1) is 11.2 Å². The van der Waals surface area contributed by atoms with Crippen molar-refractivity contribution in [3.63, 3.8) is 0 Å². The van der Waals surface area contributed by atoms with Crippen LogP contribution >= 0.6 is 11.6 Å². The molecule has 0 radical (unpaired) electrons. The van der Waals surface area contributed by atoms with E-state index in [2.05, 4.69) is 70.6 Å². The fourth-order valence-electron chi connectivity index (χ4n) is 6.20. The molecule has 0 atom stereocenters. The summed E-state index contributed by atoms with van der Waals surface area (Å²) < 4.78 is 6.18. The van der Waals surface area contributed by atoms with Gasteiger partial charge in [0.25, 0.3) is 0 Å². The smallest absolute Gasteiger partial charge is 0.223 e. The van der Waals surface area contributed by atoms with Crippen LogP contribution in [0.3, 0.4) is 0 Å². The number of para-hydroxylation sites is 2. The Morgan fingerprint density at radius 1 is 0.500 bits per heavy atom. The minimum atomic E-state index is 0.174. The zero-order valence-corrected chi connectivity index (χ0v) is 24.0. The summed E-state index contributed by atoms with van der Waals surface area (Å²) in [4.78, 5) is 19.2. The van der Waals surface area contributed by atoms with Crippen LogP contribution in [0.4, 0.5) is 0 Å². The van der Waals surface area contributed by atoms with Crippen LogP contribution in [0.2, 0.25) is 5.28 Å². The van der Waals surface area contributed by atoms with Gasteiger partial charge in [0.2, 0.25) is 5.28 Å². The molecule has 0 N–H and O–H groups in total. The van der Waals surface area contributed by atoms with Crippen molar-refractivity contribution >= 4 is 66.1 Å². The Kier molecular flexibility index (Phi) is 5.49. The van der Waals surface area contributed by atoms with Gasteiger partial charge in [-0.1, -0.05) is 103 Å². The molecular formula is C38H21ClN4O.